The van der Waals surface area contributed by atoms with E-state index in [9.17, 15) is 24.0 Å². The third-order valence-corrected chi connectivity index (χ3v) is 6.18. The number of carbonyl (C=O) groups is 5. The lowest BCUT2D eigenvalue weighted by Crippen LogP contribution is -2.55. The molecule has 1 aliphatic heterocycles. The fourth-order valence-electron chi connectivity index (χ4n) is 4.05. The molecule has 1 rings (SSSR count). The van der Waals surface area contributed by atoms with Crippen LogP contribution in [0, 0.1) is 11.8 Å². The Labute approximate surface area is 190 Å². The molecular formula is C22H38N4O6. The number of ether oxygens (including phenoxy) is 1. The first-order valence-corrected chi connectivity index (χ1v) is 11.1. The number of carbonyl (C=O) groups excluding carboxylic acids is 5. The van der Waals surface area contributed by atoms with E-state index >= 15 is 0 Å². The van der Waals surface area contributed by atoms with Gasteiger partial charge in [0.15, 0.2) is 0 Å². The van der Waals surface area contributed by atoms with Crippen LogP contribution in [0.3, 0.4) is 0 Å². The van der Waals surface area contributed by atoms with Crippen molar-refractivity contribution in [3.63, 3.8) is 0 Å². The molecule has 1 N–H and O–H groups in total. The van der Waals surface area contributed by atoms with Gasteiger partial charge in [0, 0.05) is 20.6 Å². The van der Waals surface area contributed by atoms with Crippen molar-refractivity contribution in [2.45, 2.75) is 65.1 Å². The Hall–Kier alpha value is -2.65. The number of nitrogens with one attached hydrogen (secondary N) is 1. The van der Waals surface area contributed by atoms with E-state index in [2.05, 4.69) is 5.32 Å². The highest BCUT2D eigenvalue weighted by atomic mass is 16.5. The van der Waals surface area contributed by atoms with Gasteiger partial charge in [-0.25, -0.2) is 4.79 Å². The quantitative estimate of drug-likeness (QED) is 0.353. The molecule has 0 aromatic heterocycles. The van der Waals surface area contributed by atoms with Crippen molar-refractivity contribution in [3.8, 4) is 0 Å². The van der Waals surface area contributed by atoms with Gasteiger partial charge in [0.05, 0.1) is 13.7 Å². The Bertz CT molecular complexity index is 698. The molecule has 0 aromatic rings. The summed E-state index contributed by atoms with van der Waals surface area (Å²) in [6, 6.07) is -2.14. The summed E-state index contributed by atoms with van der Waals surface area (Å²) in [5, 5.41) is 2.58. The molecule has 32 heavy (non-hydrogen) atoms. The van der Waals surface area contributed by atoms with Crippen molar-refractivity contribution in [2.75, 3.05) is 34.3 Å². The van der Waals surface area contributed by atoms with Crippen LogP contribution in [0.4, 0.5) is 0 Å². The van der Waals surface area contributed by atoms with Gasteiger partial charge >= 0.3 is 5.97 Å². The maximum atomic E-state index is 13.1. The molecule has 0 aromatic carbocycles. The summed E-state index contributed by atoms with van der Waals surface area (Å²) in [5.41, 5.74) is 0. The Morgan fingerprint density at radius 2 is 1.81 bits per heavy atom. The van der Waals surface area contributed by atoms with Crippen LogP contribution in [0.1, 0.15) is 47.0 Å². The van der Waals surface area contributed by atoms with E-state index in [1.54, 1.807) is 0 Å². The maximum Gasteiger partial charge on any atom is 0.328 e. The van der Waals surface area contributed by atoms with Crippen LogP contribution in [0.25, 0.3) is 0 Å². The second-order valence-corrected chi connectivity index (χ2v) is 8.75. The van der Waals surface area contributed by atoms with E-state index < -0.39 is 30.0 Å². The van der Waals surface area contributed by atoms with Crippen LogP contribution in [0.15, 0.2) is 0 Å². The lowest BCUT2D eigenvalue weighted by atomic mass is 9.97. The normalized spacial score (nSPS) is 18.5. The summed E-state index contributed by atoms with van der Waals surface area (Å²) in [4.78, 5) is 66.1. The number of hydrogen-bond acceptors (Lipinski definition) is 6. The number of hydrogen-bond donors (Lipinski definition) is 1. The lowest BCUT2D eigenvalue weighted by Gasteiger charge is -2.33. The molecule has 10 heteroatoms. The smallest absolute Gasteiger partial charge is 0.328 e. The van der Waals surface area contributed by atoms with Gasteiger partial charge in [0.25, 0.3) is 0 Å². The zero-order valence-electron chi connectivity index (χ0n) is 20.3. The highest BCUT2D eigenvalue weighted by Gasteiger charge is 2.40. The van der Waals surface area contributed by atoms with Gasteiger partial charge < -0.3 is 24.8 Å². The Balaban J connectivity index is 2.91. The summed E-state index contributed by atoms with van der Waals surface area (Å²) >= 11 is 0. The van der Waals surface area contributed by atoms with Crippen molar-refractivity contribution in [2.24, 2.45) is 11.8 Å². The minimum atomic E-state index is -0.758. The van der Waals surface area contributed by atoms with E-state index in [1.807, 2.05) is 27.7 Å². The first-order valence-electron chi connectivity index (χ1n) is 11.1. The standard InChI is InChI=1S/C22H38N4O6/c1-8-15(4)18(23-13-27)21(30)26-11-9-10-16(26)20(29)24(5)12-17(28)25(6)19(14(2)3)22(31)32-7/h13-16,18-19H,8-12H2,1-7H3,(H,23,27)/t15?,16-,18-,19-/m0/s1. The lowest BCUT2D eigenvalue weighted by molar-refractivity contribution is -0.155. The molecule has 182 valence electrons. The van der Waals surface area contributed by atoms with Crippen LogP contribution in [0.5, 0.6) is 0 Å². The second kappa shape index (κ2) is 12.4. The predicted octanol–water partition coefficient (Wildman–Crippen LogP) is 0.253. The molecule has 0 aliphatic carbocycles. The molecule has 0 saturated carbocycles. The number of methoxy groups -OCH3 is 1. The zero-order valence-corrected chi connectivity index (χ0v) is 20.3. The molecule has 1 heterocycles. The summed E-state index contributed by atoms with van der Waals surface area (Å²) < 4.78 is 4.80. The second-order valence-electron chi connectivity index (χ2n) is 8.75. The fourth-order valence-corrected chi connectivity index (χ4v) is 4.05. The van der Waals surface area contributed by atoms with E-state index in [0.717, 1.165) is 0 Å². The van der Waals surface area contributed by atoms with Gasteiger partial charge in [-0.15, -0.1) is 0 Å². The van der Waals surface area contributed by atoms with Crippen molar-refractivity contribution in [1.82, 2.24) is 20.0 Å². The van der Waals surface area contributed by atoms with Crippen LogP contribution in [-0.4, -0.2) is 97.2 Å². The van der Waals surface area contributed by atoms with Gasteiger partial charge in [0.1, 0.15) is 18.1 Å². The van der Waals surface area contributed by atoms with Gasteiger partial charge in [-0.1, -0.05) is 34.1 Å². The molecule has 0 radical (unpaired) electrons. The third-order valence-electron chi connectivity index (χ3n) is 6.18. The van der Waals surface area contributed by atoms with Crippen molar-refractivity contribution in [1.29, 1.82) is 0 Å². The minimum Gasteiger partial charge on any atom is -0.467 e. The molecule has 1 unspecified atom stereocenters. The van der Waals surface area contributed by atoms with Gasteiger partial charge in [-0.3, -0.25) is 19.2 Å². The fraction of sp³-hybridized carbons (Fsp3) is 0.773. The van der Waals surface area contributed by atoms with E-state index in [-0.39, 0.29) is 30.2 Å². The summed E-state index contributed by atoms with van der Waals surface area (Å²) in [7, 11) is 4.28. The van der Waals surface area contributed by atoms with Gasteiger partial charge in [0.2, 0.25) is 24.1 Å². The number of likely N-dealkylation sites (N-methyl/N-ethyl adjacent to an activating group) is 2. The Kier molecular flexibility index (Phi) is 10.6. The minimum absolute atomic E-state index is 0.0803. The summed E-state index contributed by atoms with van der Waals surface area (Å²) in [6.07, 6.45) is 2.36. The molecule has 0 spiro atoms. The maximum absolute atomic E-state index is 13.1. The summed E-state index contributed by atoms with van der Waals surface area (Å²) in [5.74, 6) is -1.79. The SMILES string of the molecule is CCC(C)[C@H](NC=O)C(=O)N1CCC[C@H]1C(=O)N(C)CC(=O)N(C)[C@H](C(=O)OC)C(C)C. The number of rotatable bonds is 11. The average molecular weight is 455 g/mol. The van der Waals surface area contributed by atoms with E-state index in [4.69, 9.17) is 4.74 Å². The largest absolute Gasteiger partial charge is 0.467 e. The molecule has 1 saturated heterocycles. The molecule has 10 nitrogen and oxygen atoms in total. The molecule has 0 bridgehead atoms. The molecular weight excluding hydrogens is 416 g/mol. The number of amides is 4. The average Bonchev–Trinajstić information content (AvgIpc) is 3.25. The topological polar surface area (TPSA) is 116 Å². The van der Waals surface area contributed by atoms with Gasteiger partial charge in [-0.05, 0) is 24.7 Å². The van der Waals surface area contributed by atoms with Crippen LogP contribution >= 0.6 is 0 Å². The van der Waals surface area contributed by atoms with E-state index in [1.165, 1.54) is 35.9 Å². The Morgan fingerprint density at radius 1 is 1.19 bits per heavy atom. The van der Waals surface area contributed by atoms with Crippen LogP contribution < -0.4 is 5.32 Å². The van der Waals surface area contributed by atoms with Crippen LogP contribution in [0.2, 0.25) is 0 Å². The van der Waals surface area contributed by atoms with Crippen LogP contribution in [-0.2, 0) is 28.7 Å². The van der Waals surface area contributed by atoms with Crippen molar-refractivity contribution < 1.29 is 28.7 Å². The zero-order chi connectivity index (χ0) is 24.6. The molecule has 1 fully saturated rings. The molecule has 1 aliphatic rings. The first kappa shape index (κ1) is 27.4. The number of esters is 1. The summed E-state index contributed by atoms with van der Waals surface area (Å²) in [6.45, 7) is 7.61. The molecule has 4 amide bonds. The van der Waals surface area contributed by atoms with Crippen molar-refractivity contribution >= 4 is 30.1 Å². The Morgan fingerprint density at radius 3 is 2.31 bits per heavy atom. The first-order chi connectivity index (χ1) is 15.0. The third kappa shape index (κ3) is 6.43. The predicted molar refractivity (Wildman–Crippen MR) is 118 cm³/mol. The van der Waals surface area contributed by atoms with Gasteiger partial charge in [-0.2, -0.15) is 0 Å². The highest BCUT2D eigenvalue weighted by molar-refractivity contribution is 5.93. The van der Waals surface area contributed by atoms with Crippen molar-refractivity contribution in [3.05, 3.63) is 0 Å². The monoisotopic (exact) mass is 454 g/mol. The van der Waals surface area contributed by atoms with E-state index in [0.29, 0.717) is 32.2 Å². The molecule has 4 atom stereocenters. The number of nitrogens with zero attached hydrogens (tertiary/aromatic N) is 3. The highest BCUT2D eigenvalue weighted by Crippen LogP contribution is 2.22. The number of likely N-dealkylation sites (tertiary alicyclic amines) is 1.